The summed E-state index contributed by atoms with van der Waals surface area (Å²) in [5.41, 5.74) is 4.77. The highest BCUT2D eigenvalue weighted by molar-refractivity contribution is 5.98. The predicted molar refractivity (Wildman–Crippen MR) is 146 cm³/mol. The third kappa shape index (κ3) is 5.70. The molecular formula is C31H35N3O3. The molecule has 0 unspecified atom stereocenters. The maximum absolute atomic E-state index is 13.3. The molecule has 2 amide bonds. The van der Waals surface area contributed by atoms with Crippen LogP contribution in [0.4, 0.5) is 5.69 Å². The second-order valence-electron chi connectivity index (χ2n) is 11.0. The summed E-state index contributed by atoms with van der Waals surface area (Å²) in [6.07, 6.45) is 0. The van der Waals surface area contributed by atoms with Crippen molar-refractivity contribution in [2.75, 3.05) is 37.7 Å². The number of hydrogen-bond acceptors (Lipinski definition) is 4. The van der Waals surface area contributed by atoms with Crippen molar-refractivity contribution in [2.24, 2.45) is 0 Å². The number of ether oxygens (including phenoxy) is 1. The molecule has 3 aromatic rings. The molecule has 37 heavy (non-hydrogen) atoms. The monoisotopic (exact) mass is 497 g/mol. The average Bonchev–Trinajstić information content (AvgIpc) is 2.90. The van der Waals surface area contributed by atoms with Crippen LogP contribution in [-0.2, 0) is 23.3 Å². The van der Waals surface area contributed by atoms with Gasteiger partial charge in [-0.3, -0.25) is 14.5 Å². The van der Waals surface area contributed by atoms with Crippen LogP contribution in [0.3, 0.4) is 0 Å². The molecule has 0 radical (unpaired) electrons. The van der Waals surface area contributed by atoms with Gasteiger partial charge in [0.1, 0.15) is 5.75 Å². The van der Waals surface area contributed by atoms with E-state index in [-0.39, 0.29) is 23.8 Å². The Morgan fingerprint density at radius 2 is 1.57 bits per heavy atom. The molecule has 0 bridgehead atoms. The number of hydrogen-bond donors (Lipinski definition) is 0. The number of nitrogens with zero attached hydrogens (tertiary/aromatic N) is 3. The lowest BCUT2D eigenvalue weighted by molar-refractivity contribution is -0.121. The van der Waals surface area contributed by atoms with Crippen molar-refractivity contribution >= 4 is 17.5 Å². The van der Waals surface area contributed by atoms with Gasteiger partial charge in [0.15, 0.2) is 6.61 Å². The van der Waals surface area contributed by atoms with Gasteiger partial charge < -0.3 is 14.5 Å². The first-order chi connectivity index (χ1) is 17.8. The maximum atomic E-state index is 13.3. The number of piperazine rings is 1. The zero-order valence-electron chi connectivity index (χ0n) is 21.9. The summed E-state index contributed by atoms with van der Waals surface area (Å²) in [6.45, 7) is 10.9. The third-order valence-corrected chi connectivity index (χ3v) is 7.19. The maximum Gasteiger partial charge on any atom is 0.265 e. The minimum absolute atomic E-state index is 0.0216. The van der Waals surface area contributed by atoms with Crippen molar-refractivity contribution < 1.29 is 14.3 Å². The topological polar surface area (TPSA) is 53.1 Å². The van der Waals surface area contributed by atoms with Gasteiger partial charge in [-0.2, -0.15) is 0 Å². The largest absolute Gasteiger partial charge is 0.482 e. The van der Waals surface area contributed by atoms with Gasteiger partial charge in [0.2, 0.25) is 0 Å². The van der Waals surface area contributed by atoms with Crippen LogP contribution in [0.15, 0.2) is 72.8 Å². The smallest absolute Gasteiger partial charge is 0.265 e. The fourth-order valence-electron chi connectivity index (χ4n) is 4.96. The van der Waals surface area contributed by atoms with Crippen LogP contribution >= 0.6 is 0 Å². The SMILES string of the molecule is CC(C)(C)c1ccc2c(c1)N(Cc1cccc(C(=O)N3CCN(Cc4ccccc4)CC3)c1)C(=O)CO2. The summed E-state index contributed by atoms with van der Waals surface area (Å²) in [5, 5.41) is 0. The summed E-state index contributed by atoms with van der Waals surface area (Å²) in [4.78, 5) is 32.3. The first-order valence-electron chi connectivity index (χ1n) is 13.0. The van der Waals surface area contributed by atoms with Gasteiger partial charge in [-0.05, 0) is 46.4 Å². The molecule has 5 rings (SSSR count). The fraction of sp³-hybridized carbons (Fsp3) is 0.355. The molecule has 1 saturated heterocycles. The Morgan fingerprint density at radius 3 is 2.30 bits per heavy atom. The van der Waals surface area contributed by atoms with E-state index in [9.17, 15) is 9.59 Å². The molecule has 1 fully saturated rings. The first-order valence-corrected chi connectivity index (χ1v) is 13.0. The third-order valence-electron chi connectivity index (χ3n) is 7.19. The molecule has 2 aliphatic rings. The molecule has 3 aromatic carbocycles. The van der Waals surface area contributed by atoms with Gasteiger partial charge in [-0.1, -0.05) is 69.3 Å². The normalized spacial score (nSPS) is 16.4. The van der Waals surface area contributed by atoms with E-state index in [0.717, 1.165) is 36.4 Å². The van der Waals surface area contributed by atoms with Gasteiger partial charge in [0.25, 0.3) is 11.8 Å². The molecule has 6 nitrogen and oxygen atoms in total. The van der Waals surface area contributed by atoms with Crippen LogP contribution in [0.25, 0.3) is 0 Å². The lowest BCUT2D eigenvalue weighted by atomic mass is 9.86. The molecule has 6 heteroatoms. The van der Waals surface area contributed by atoms with Gasteiger partial charge in [-0.15, -0.1) is 0 Å². The molecule has 2 heterocycles. The highest BCUT2D eigenvalue weighted by Gasteiger charge is 2.28. The van der Waals surface area contributed by atoms with Crippen LogP contribution in [0.5, 0.6) is 5.75 Å². The number of fused-ring (bicyclic) bond motifs is 1. The lowest BCUT2D eigenvalue weighted by Crippen LogP contribution is -2.48. The molecule has 0 N–H and O–H groups in total. The Hall–Kier alpha value is -3.64. The minimum atomic E-state index is -0.0789. The van der Waals surface area contributed by atoms with E-state index in [1.54, 1.807) is 4.90 Å². The van der Waals surface area contributed by atoms with E-state index in [2.05, 4.69) is 62.1 Å². The lowest BCUT2D eigenvalue weighted by Gasteiger charge is -2.35. The fourth-order valence-corrected chi connectivity index (χ4v) is 4.96. The Bertz CT molecular complexity index is 1270. The van der Waals surface area contributed by atoms with Crippen LogP contribution in [0.1, 0.15) is 47.8 Å². The number of carbonyl (C=O) groups excluding carboxylic acids is 2. The van der Waals surface area contributed by atoms with E-state index < -0.39 is 0 Å². The van der Waals surface area contributed by atoms with Crippen molar-refractivity contribution in [1.29, 1.82) is 0 Å². The molecule has 192 valence electrons. The average molecular weight is 498 g/mol. The molecule has 0 atom stereocenters. The molecule has 0 aliphatic carbocycles. The second-order valence-corrected chi connectivity index (χ2v) is 11.0. The Balaban J connectivity index is 1.27. The van der Waals surface area contributed by atoms with Crippen LogP contribution in [0, 0.1) is 0 Å². The van der Waals surface area contributed by atoms with E-state index in [1.165, 1.54) is 5.56 Å². The summed E-state index contributed by atoms with van der Waals surface area (Å²) in [6, 6.07) is 24.2. The molecule has 2 aliphatic heterocycles. The van der Waals surface area contributed by atoms with E-state index in [1.807, 2.05) is 41.3 Å². The zero-order valence-corrected chi connectivity index (χ0v) is 21.9. The van der Waals surface area contributed by atoms with Crippen LogP contribution < -0.4 is 9.64 Å². The summed E-state index contributed by atoms with van der Waals surface area (Å²) < 4.78 is 5.70. The van der Waals surface area contributed by atoms with Gasteiger partial charge in [0.05, 0.1) is 12.2 Å². The van der Waals surface area contributed by atoms with E-state index >= 15 is 0 Å². The Labute approximate surface area is 219 Å². The van der Waals surface area contributed by atoms with Crippen molar-refractivity contribution in [1.82, 2.24) is 9.80 Å². The highest BCUT2D eigenvalue weighted by Crippen LogP contribution is 2.37. The summed E-state index contributed by atoms with van der Waals surface area (Å²) >= 11 is 0. The van der Waals surface area contributed by atoms with Gasteiger partial charge in [-0.25, -0.2) is 0 Å². The number of rotatable bonds is 5. The summed E-state index contributed by atoms with van der Waals surface area (Å²) in [5.74, 6) is 0.683. The number of carbonyl (C=O) groups is 2. The standard InChI is InChI=1S/C31H35N3O3/c1-31(2,3)26-12-13-28-27(19-26)34(29(35)22-37-28)21-24-10-7-11-25(18-24)30(36)33-16-14-32(15-17-33)20-23-8-5-4-6-9-23/h4-13,18-19H,14-17,20-22H2,1-3H3. The highest BCUT2D eigenvalue weighted by atomic mass is 16.5. The predicted octanol–water partition coefficient (Wildman–Crippen LogP) is 4.87. The minimum Gasteiger partial charge on any atom is -0.482 e. The van der Waals surface area contributed by atoms with Crippen LogP contribution in [-0.4, -0.2) is 54.4 Å². The van der Waals surface area contributed by atoms with Gasteiger partial charge >= 0.3 is 0 Å². The molecule has 0 aromatic heterocycles. The quantitative estimate of drug-likeness (QED) is 0.505. The van der Waals surface area contributed by atoms with Crippen molar-refractivity contribution in [3.8, 4) is 5.75 Å². The van der Waals surface area contributed by atoms with E-state index in [0.29, 0.717) is 30.9 Å². The van der Waals surface area contributed by atoms with Crippen molar-refractivity contribution in [3.05, 3.63) is 95.1 Å². The second kappa shape index (κ2) is 10.4. The number of anilines is 1. The van der Waals surface area contributed by atoms with Crippen LogP contribution in [0.2, 0.25) is 0 Å². The molecule has 0 spiro atoms. The number of benzene rings is 3. The van der Waals surface area contributed by atoms with Crippen molar-refractivity contribution in [3.63, 3.8) is 0 Å². The Morgan fingerprint density at radius 1 is 0.838 bits per heavy atom. The molecular weight excluding hydrogens is 462 g/mol. The Kier molecular flexibility index (Phi) is 7.02. The molecule has 0 saturated carbocycles. The first kappa shape index (κ1) is 25.0. The summed E-state index contributed by atoms with van der Waals surface area (Å²) in [7, 11) is 0. The van der Waals surface area contributed by atoms with Crippen molar-refractivity contribution in [2.45, 2.75) is 39.3 Å². The van der Waals surface area contributed by atoms with Gasteiger partial charge in [0, 0.05) is 38.3 Å². The van der Waals surface area contributed by atoms with E-state index in [4.69, 9.17) is 4.74 Å². The number of amides is 2. The zero-order chi connectivity index (χ0) is 26.0.